The Balaban J connectivity index is 2.26. The number of nitrogens with one attached hydrogen (secondary N) is 2. The molecule has 1 aromatic heterocycles. The zero-order valence-corrected chi connectivity index (χ0v) is 14.0. The maximum atomic E-state index is 4.50. The smallest absolute Gasteiger partial charge is 0.244 e. The first-order valence-electron chi connectivity index (χ1n) is 7.84. The summed E-state index contributed by atoms with van der Waals surface area (Å²) >= 11 is 0. The number of anilines is 3. The topological polar surface area (TPSA) is 62.7 Å². The van der Waals surface area contributed by atoms with Crippen molar-refractivity contribution in [2.75, 3.05) is 10.6 Å². The van der Waals surface area contributed by atoms with Crippen molar-refractivity contribution in [1.29, 1.82) is 0 Å². The SMILES string of the molecule is CCC(C)Nc1nncc(Nc2c(C)cccc2C(C)C)n1. The molecule has 0 fully saturated rings. The van der Waals surface area contributed by atoms with Gasteiger partial charge >= 0.3 is 0 Å². The van der Waals surface area contributed by atoms with Gasteiger partial charge in [-0.2, -0.15) is 10.1 Å². The quantitative estimate of drug-likeness (QED) is 0.834. The van der Waals surface area contributed by atoms with Crippen molar-refractivity contribution in [3.8, 4) is 0 Å². The first-order valence-corrected chi connectivity index (χ1v) is 7.84. The van der Waals surface area contributed by atoms with Gasteiger partial charge in [-0.25, -0.2) is 0 Å². The van der Waals surface area contributed by atoms with Crippen LogP contribution in [0.2, 0.25) is 0 Å². The summed E-state index contributed by atoms with van der Waals surface area (Å²) in [5.41, 5.74) is 3.57. The summed E-state index contributed by atoms with van der Waals surface area (Å²) in [4.78, 5) is 4.50. The maximum absolute atomic E-state index is 4.50. The van der Waals surface area contributed by atoms with Gasteiger partial charge < -0.3 is 10.6 Å². The number of hydrogen-bond donors (Lipinski definition) is 2. The molecular formula is C17H25N5. The molecule has 1 atom stereocenters. The maximum Gasteiger partial charge on any atom is 0.244 e. The predicted molar refractivity (Wildman–Crippen MR) is 91.8 cm³/mol. The summed E-state index contributed by atoms with van der Waals surface area (Å²) in [6.45, 7) is 10.7. The van der Waals surface area contributed by atoms with Gasteiger partial charge in [-0.3, -0.25) is 0 Å². The number of aryl methyl sites for hydroxylation is 1. The highest BCUT2D eigenvalue weighted by Crippen LogP contribution is 2.29. The van der Waals surface area contributed by atoms with Gasteiger partial charge in [0.05, 0.1) is 6.20 Å². The highest BCUT2D eigenvalue weighted by Gasteiger charge is 2.11. The Morgan fingerprint density at radius 2 is 1.95 bits per heavy atom. The third-order valence-corrected chi connectivity index (χ3v) is 3.73. The second-order valence-corrected chi connectivity index (χ2v) is 5.94. The fourth-order valence-corrected chi connectivity index (χ4v) is 2.22. The largest absolute Gasteiger partial charge is 0.350 e. The molecule has 2 N–H and O–H groups in total. The molecule has 0 saturated heterocycles. The molecule has 118 valence electrons. The lowest BCUT2D eigenvalue weighted by Gasteiger charge is -2.17. The summed E-state index contributed by atoms with van der Waals surface area (Å²) in [5.74, 6) is 1.70. The van der Waals surface area contributed by atoms with Gasteiger partial charge in [0, 0.05) is 11.7 Å². The van der Waals surface area contributed by atoms with E-state index in [1.807, 2.05) is 0 Å². The Kier molecular flexibility index (Phi) is 5.31. The van der Waals surface area contributed by atoms with Crippen LogP contribution in [-0.4, -0.2) is 21.2 Å². The van der Waals surface area contributed by atoms with Crippen LogP contribution in [0.25, 0.3) is 0 Å². The van der Waals surface area contributed by atoms with Crippen molar-refractivity contribution >= 4 is 17.5 Å². The molecule has 0 aliphatic heterocycles. The fourth-order valence-electron chi connectivity index (χ4n) is 2.22. The Bertz CT molecular complexity index is 624. The molecular weight excluding hydrogens is 274 g/mol. The van der Waals surface area contributed by atoms with Crippen LogP contribution in [0.3, 0.4) is 0 Å². The summed E-state index contributed by atoms with van der Waals surface area (Å²) < 4.78 is 0. The third kappa shape index (κ3) is 3.93. The Morgan fingerprint density at radius 3 is 2.64 bits per heavy atom. The van der Waals surface area contributed by atoms with Crippen LogP contribution in [0.4, 0.5) is 17.5 Å². The van der Waals surface area contributed by atoms with Gasteiger partial charge in [0.15, 0.2) is 5.82 Å². The van der Waals surface area contributed by atoms with E-state index in [9.17, 15) is 0 Å². The Morgan fingerprint density at radius 1 is 1.18 bits per heavy atom. The van der Waals surface area contributed by atoms with Crippen LogP contribution in [0.5, 0.6) is 0 Å². The minimum atomic E-state index is 0.321. The van der Waals surface area contributed by atoms with E-state index in [0.717, 1.165) is 12.1 Å². The Labute approximate surface area is 132 Å². The van der Waals surface area contributed by atoms with Gasteiger partial charge in [0.1, 0.15) is 0 Å². The Hall–Kier alpha value is -2.17. The highest BCUT2D eigenvalue weighted by molar-refractivity contribution is 5.65. The molecule has 2 rings (SSSR count). The minimum absolute atomic E-state index is 0.321. The molecule has 2 aromatic rings. The lowest BCUT2D eigenvalue weighted by atomic mass is 9.98. The van der Waals surface area contributed by atoms with Crippen molar-refractivity contribution in [1.82, 2.24) is 15.2 Å². The average molecular weight is 299 g/mol. The van der Waals surface area contributed by atoms with Crippen LogP contribution in [0.1, 0.15) is 51.2 Å². The number of rotatable bonds is 6. The number of aromatic nitrogens is 3. The number of hydrogen-bond acceptors (Lipinski definition) is 5. The van der Waals surface area contributed by atoms with Crippen LogP contribution in [0, 0.1) is 6.92 Å². The fraction of sp³-hybridized carbons (Fsp3) is 0.471. The van der Waals surface area contributed by atoms with E-state index in [0.29, 0.717) is 23.7 Å². The lowest BCUT2D eigenvalue weighted by molar-refractivity contribution is 0.746. The van der Waals surface area contributed by atoms with E-state index in [2.05, 4.69) is 78.6 Å². The molecule has 5 heteroatoms. The van der Waals surface area contributed by atoms with E-state index < -0.39 is 0 Å². The first-order chi connectivity index (χ1) is 10.5. The van der Waals surface area contributed by atoms with E-state index in [-0.39, 0.29) is 0 Å². The molecule has 1 unspecified atom stereocenters. The summed E-state index contributed by atoms with van der Waals surface area (Å²) in [6.07, 6.45) is 2.66. The van der Waals surface area contributed by atoms with E-state index >= 15 is 0 Å². The van der Waals surface area contributed by atoms with Crippen molar-refractivity contribution in [2.45, 2.75) is 53.0 Å². The van der Waals surface area contributed by atoms with Gasteiger partial charge in [0.2, 0.25) is 5.95 Å². The summed E-state index contributed by atoms with van der Waals surface area (Å²) in [6, 6.07) is 6.65. The predicted octanol–water partition coefficient (Wildman–Crippen LogP) is 4.26. The number of nitrogens with zero attached hydrogens (tertiary/aromatic N) is 3. The van der Waals surface area contributed by atoms with Crippen LogP contribution >= 0.6 is 0 Å². The van der Waals surface area contributed by atoms with Crippen molar-refractivity contribution in [3.63, 3.8) is 0 Å². The van der Waals surface area contributed by atoms with E-state index in [1.165, 1.54) is 11.1 Å². The zero-order chi connectivity index (χ0) is 16.1. The number of benzene rings is 1. The molecule has 1 heterocycles. The monoisotopic (exact) mass is 299 g/mol. The summed E-state index contributed by atoms with van der Waals surface area (Å²) in [5, 5.41) is 14.7. The van der Waals surface area contributed by atoms with Gasteiger partial charge in [0.25, 0.3) is 0 Å². The molecule has 22 heavy (non-hydrogen) atoms. The molecule has 0 radical (unpaired) electrons. The molecule has 0 saturated carbocycles. The molecule has 0 spiro atoms. The summed E-state index contributed by atoms with van der Waals surface area (Å²) in [7, 11) is 0. The van der Waals surface area contributed by atoms with E-state index in [4.69, 9.17) is 0 Å². The van der Waals surface area contributed by atoms with Gasteiger partial charge in [-0.1, -0.05) is 39.0 Å². The molecule has 0 bridgehead atoms. The highest BCUT2D eigenvalue weighted by atomic mass is 15.3. The van der Waals surface area contributed by atoms with Crippen LogP contribution < -0.4 is 10.6 Å². The molecule has 0 aliphatic rings. The average Bonchev–Trinajstić information content (AvgIpc) is 2.49. The van der Waals surface area contributed by atoms with Crippen LogP contribution in [-0.2, 0) is 0 Å². The van der Waals surface area contributed by atoms with Crippen molar-refractivity contribution < 1.29 is 0 Å². The van der Waals surface area contributed by atoms with E-state index in [1.54, 1.807) is 6.20 Å². The number of para-hydroxylation sites is 1. The zero-order valence-electron chi connectivity index (χ0n) is 14.0. The minimum Gasteiger partial charge on any atom is -0.350 e. The van der Waals surface area contributed by atoms with Gasteiger partial charge in [-0.05, 0) is 37.3 Å². The molecule has 0 amide bonds. The first kappa shape index (κ1) is 16.2. The molecule has 1 aromatic carbocycles. The second kappa shape index (κ2) is 7.20. The molecule has 5 nitrogen and oxygen atoms in total. The standard InChI is InChI=1S/C17H25N5/c1-6-13(5)19-17-21-15(10-18-22-17)20-16-12(4)8-7-9-14(16)11(2)3/h7-11,13H,6H2,1-5H3,(H2,19,20,21,22). The van der Waals surface area contributed by atoms with Gasteiger partial charge in [-0.15, -0.1) is 5.10 Å². The van der Waals surface area contributed by atoms with Crippen LogP contribution in [0.15, 0.2) is 24.4 Å². The molecule has 0 aliphatic carbocycles. The van der Waals surface area contributed by atoms with Crippen molar-refractivity contribution in [2.24, 2.45) is 0 Å². The third-order valence-electron chi connectivity index (χ3n) is 3.73. The second-order valence-electron chi connectivity index (χ2n) is 5.94. The normalized spacial score (nSPS) is 12.3. The van der Waals surface area contributed by atoms with Crippen molar-refractivity contribution in [3.05, 3.63) is 35.5 Å². The lowest BCUT2D eigenvalue weighted by Crippen LogP contribution is -2.16.